The largest absolute Gasteiger partial charge is 0.497 e. The second-order valence-corrected chi connectivity index (χ2v) is 33.0. The van der Waals surface area contributed by atoms with Gasteiger partial charge < -0.3 is 19.1 Å². The number of H-pyrrole nitrogens is 2. The number of aromatic amines is 2. The fraction of sp³-hybridized carbons (Fsp3) is 0.122. The summed E-state index contributed by atoms with van der Waals surface area (Å²) < 4.78 is 11.8. The molecular formula is C82H58N4O2S8. The van der Waals surface area contributed by atoms with Crippen molar-refractivity contribution >= 4 is 123 Å². The summed E-state index contributed by atoms with van der Waals surface area (Å²) in [5, 5.41) is 22.2. The van der Waals surface area contributed by atoms with Crippen LogP contribution >= 0.6 is 90.7 Å². The van der Waals surface area contributed by atoms with Crippen LogP contribution in [0.3, 0.4) is 0 Å². The fourth-order valence-corrected chi connectivity index (χ4v) is 25.0. The minimum Gasteiger partial charge on any atom is -0.497 e. The topological polar surface area (TPSA) is 79.7 Å². The summed E-state index contributed by atoms with van der Waals surface area (Å²) in [6.07, 6.45) is 6.89. The average Bonchev–Trinajstić information content (AvgIpc) is 1.56. The molecule has 0 radical (unpaired) electrons. The summed E-state index contributed by atoms with van der Waals surface area (Å²) in [5.41, 5.74) is 24.4. The van der Waals surface area contributed by atoms with Crippen LogP contribution in [0.15, 0.2) is 236 Å². The van der Waals surface area contributed by atoms with Gasteiger partial charge in [-0.05, 0) is 293 Å². The van der Waals surface area contributed by atoms with Gasteiger partial charge >= 0.3 is 0 Å². The maximum absolute atomic E-state index is 6.45. The highest BCUT2D eigenvalue weighted by atomic mass is 32.1. The van der Waals surface area contributed by atoms with E-state index in [1.165, 1.54) is 134 Å². The third kappa shape index (κ3) is 8.34. The van der Waals surface area contributed by atoms with Crippen LogP contribution in [-0.4, -0.2) is 27.0 Å². The molecule has 6 nitrogen and oxygen atoms in total. The van der Waals surface area contributed by atoms with E-state index in [-0.39, 0.29) is 21.7 Å². The lowest BCUT2D eigenvalue weighted by Crippen LogP contribution is -2.28. The summed E-state index contributed by atoms with van der Waals surface area (Å²) in [4.78, 5) is 27.4. The first kappa shape index (κ1) is 58.5. The number of nitrogens with one attached hydrogen (secondary N) is 2. The van der Waals surface area contributed by atoms with E-state index in [2.05, 4.69) is 243 Å². The second-order valence-electron chi connectivity index (χ2n) is 25.7. The Bertz CT molecular complexity index is 5670. The Kier molecular flexibility index (Phi) is 13.5. The molecule has 0 spiro atoms. The molecule has 17 aromatic rings. The van der Waals surface area contributed by atoms with Gasteiger partial charge in [-0.25, -0.2) is 9.97 Å². The van der Waals surface area contributed by atoms with Gasteiger partial charge in [-0.1, -0.05) is 42.5 Å². The second kappa shape index (κ2) is 22.1. The molecule has 13 heterocycles. The van der Waals surface area contributed by atoms with Gasteiger partial charge in [-0.15, -0.1) is 90.7 Å². The van der Waals surface area contributed by atoms with Crippen molar-refractivity contribution in [2.45, 2.75) is 55.8 Å². The first-order valence-corrected chi connectivity index (χ1v) is 39.0. The Labute approximate surface area is 587 Å². The number of hydrogen-bond acceptors (Lipinski definition) is 12. The summed E-state index contributed by atoms with van der Waals surface area (Å²) in [7, 11) is 1.70. The molecule has 5 aliphatic rings. The Hall–Kier alpha value is -8.80. The fourth-order valence-electron chi connectivity index (χ4n) is 16.3. The Morgan fingerprint density at radius 1 is 0.417 bits per heavy atom. The van der Waals surface area contributed by atoms with Gasteiger partial charge in [-0.2, -0.15) is 0 Å². The van der Waals surface area contributed by atoms with Crippen molar-refractivity contribution in [3.8, 4) is 55.9 Å². The molecule has 0 aliphatic heterocycles. The van der Waals surface area contributed by atoms with Gasteiger partial charge in [0.2, 0.25) is 0 Å². The SMILES string of the molecule is CC1(c2ccc3c(c2)-c2ccccc2C3)c2ccsc2-c2sccc21.COc1ccc2cc3oc(C4(C)c5ccsc5-c5sccc54)cc3cc2c1.Cc1nc2ncccc2cc1C1(C)c2ccsc2-c2sccc21.c1c[nH]c(C2(c3ccc[nH]3)c3ccsc3-c3sccc32)c1. The van der Waals surface area contributed by atoms with Crippen LogP contribution < -0.4 is 4.74 Å². The maximum Gasteiger partial charge on any atom is 0.159 e. The number of ether oxygens (including phenoxy) is 1. The van der Waals surface area contributed by atoms with Crippen molar-refractivity contribution in [3.63, 3.8) is 0 Å². The molecule has 0 bridgehead atoms. The summed E-state index contributed by atoms with van der Waals surface area (Å²) in [6.45, 7) is 9.13. The van der Waals surface area contributed by atoms with E-state index in [0.717, 1.165) is 51.0 Å². The molecule has 22 rings (SSSR count). The predicted molar refractivity (Wildman–Crippen MR) is 407 cm³/mol. The Balaban J connectivity index is 0.0000000906. The van der Waals surface area contributed by atoms with E-state index in [1.54, 1.807) is 13.3 Å². The van der Waals surface area contributed by atoms with Crippen LogP contribution in [-0.2, 0) is 28.1 Å². The molecule has 2 N–H and O–H groups in total. The number of nitrogens with zero attached hydrogens (tertiary/aromatic N) is 2. The zero-order chi connectivity index (χ0) is 64.2. The van der Waals surface area contributed by atoms with Crippen LogP contribution in [0.5, 0.6) is 5.75 Å². The lowest BCUT2D eigenvalue weighted by molar-refractivity contribution is 0.415. The van der Waals surface area contributed by atoms with Crippen LogP contribution in [0.4, 0.5) is 0 Å². The van der Waals surface area contributed by atoms with Crippen molar-refractivity contribution in [2.24, 2.45) is 0 Å². The summed E-state index contributed by atoms with van der Waals surface area (Å²) >= 11 is 14.8. The number of benzene rings is 4. The number of furan rings is 1. The summed E-state index contributed by atoms with van der Waals surface area (Å²) in [5.74, 6) is 1.88. The molecule has 96 heavy (non-hydrogen) atoms. The third-order valence-electron chi connectivity index (χ3n) is 21.1. The van der Waals surface area contributed by atoms with Crippen LogP contribution in [0.25, 0.3) is 82.9 Å². The molecule has 466 valence electrons. The van der Waals surface area contributed by atoms with Crippen molar-refractivity contribution in [2.75, 3.05) is 7.11 Å². The monoisotopic (exact) mass is 1390 g/mol. The van der Waals surface area contributed by atoms with Gasteiger partial charge in [0, 0.05) is 96.3 Å². The van der Waals surface area contributed by atoms with E-state index in [4.69, 9.17) is 14.1 Å². The lowest BCUT2D eigenvalue weighted by atomic mass is 9.74. The number of fused-ring (bicyclic) bond motifs is 18. The van der Waals surface area contributed by atoms with Gasteiger partial charge in [0.25, 0.3) is 0 Å². The minimum absolute atomic E-state index is 0.0305. The number of hydrogen-bond donors (Lipinski definition) is 2. The quantitative estimate of drug-likeness (QED) is 0.174. The highest BCUT2D eigenvalue weighted by Gasteiger charge is 2.50. The minimum atomic E-state index is -0.229. The molecule has 5 aliphatic carbocycles. The number of aromatic nitrogens is 4. The molecule has 14 heteroatoms. The zero-order valence-electron chi connectivity index (χ0n) is 52.7. The van der Waals surface area contributed by atoms with Crippen LogP contribution in [0.1, 0.15) is 110 Å². The highest BCUT2D eigenvalue weighted by Crippen LogP contribution is 2.62. The number of methoxy groups -OCH3 is 1. The third-order valence-corrected chi connectivity index (χ3v) is 29.0. The van der Waals surface area contributed by atoms with Crippen molar-refractivity contribution in [1.82, 2.24) is 19.9 Å². The standard InChI is InChI=1S/C23H16O2S2.C23H16S2.C19H14N2S2.C17H12N2S2/c1-23(17-5-7-26-21(17)22-18(23)6-8-27-22)20-12-15-9-14-10-16(24-2)4-3-13(14)11-19(15)25-20;1-23(19-8-10-24-21(19)22-20(23)9-11-25-22)16-7-6-15-12-14-4-2-3-5-17(14)18(15)13-16;1-11-15(10-12-4-3-7-20-18(12)21-11)19(2)13-5-8-22-16(13)17-14(19)6-9-23-17;1-3-13(18-7-1)17(14-4-2-8-19-14)11-5-9-20-15(11)16-12(17)6-10-21-16/h3-12H,1-2H3;2-11,13H,12H2,1H3;3-10H,1-2H3;1-10,18-19H. The summed E-state index contributed by atoms with van der Waals surface area (Å²) in [6, 6.07) is 61.9. The van der Waals surface area contributed by atoms with E-state index >= 15 is 0 Å². The van der Waals surface area contributed by atoms with E-state index in [9.17, 15) is 0 Å². The van der Waals surface area contributed by atoms with Crippen LogP contribution in [0, 0.1) is 6.92 Å². The van der Waals surface area contributed by atoms with Crippen molar-refractivity contribution in [3.05, 3.63) is 321 Å². The van der Waals surface area contributed by atoms with Gasteiger partial charge in [0.05, 0.1) is 12.5 Å². The number of pyridine rings is 2. The normalized spacial score (nSPS) is 15.0. The van der Waals surface area contributed by atoms with E-state index in [0.29, 0.717) is 0 Å². The number of thiophene rings is 8. The molecule has 0 atom stereocenters. The number of aryl methyl sites for hydroxylation is 1. The predicted octanol–water partition coefficient (Wildman–Crippen LogP) is 24.0. The number of rotatable bonds is 6. The molecule has 0 fully saturated rings. The Morgan fingerprint density at radius 3 is 1.49 bits per heavy atom. The maximum atomic E-state index is 6.45. The first-order chi connectivity index (χ1) is 47.1. The van der Waals surface area contributed by atoms with E-state index in [1.807, 2.05) is 115 Å². The Morgan fingerprint density at radius 2 is 0.938 bits per heavy atom. The molecule has 13 aromatic heterocycles. The molecule has 4 aromatic carbocycles. The van der Waals surface area contributed by atoms with Crippen molar-refractivity contribution in [1.29, 1.82) is 0 Å². The smallest absolute Gasteiger partial charge is 0.159 e. The average molecular weight is 1390 g/mol. The molecule has 0 saturated carbocycles. The zero-order valence-corrected chi connectivity index (χ0v) is 59.2. The lowest BCUT2D eigenvalue weighted by Gasteiger charge is -2.29. The molecule has 0 saturated heterocycles. The van der Waals surface area contributed by atoms with Gasteiger partial charge in [-0.3, -0.25) is 0 Å². The molecule has 0 unspecified atom stereocenters. The molecule has 0 amide bonds. The highest BCUT2D eigenvalue weighted by molar-refractivity contribution is 7.22. The molecular weight excluding hydrogens is 1330 g/mol. The van der Waals surface area contributed by atoms with Gasteiger partial charge in [0.15, 0.2) is 5.65 Å². The van der Waals surface area contributed by atoms with Crippen molar-refractivity contribution < 1.29 is 9.15 Å². The first-order valence-electron chi connectivity index (χ1n) is 32.0. The van der Waals surface area contributed by atoms with E-state index < -0.39 is 0 Å². The van der Waals surface area contributed by atoms with Crippen LogP contribution in [0.2, 0.25) is 0 Å². The van der Waals surface area contributed by atoms with Gasteiger partial charge in [0.1, 0.15) is 22.5 Å².